The van der Waals surface area contributed by atoms with Crippen LogP contribution in [0.15, 0.2) is 12.4 Å². The van der Waals surface area contributed by atoms with Gasteiger partial charge in [0.25, 0.3) is 0 Å². The van der Waals surface area contributed by atoms with Crippen molar-refractivity contribution in [1.82, 2.24) is 15.1 Å². The molecule has 1 N–H and O–H groups in total. The Morgan fingerprint density at radius 3 is 3.00 bits per heavy atom. The number of halogens is 1. The summed E-state index contributed by atoms with van der Waals surface area (Å²) in [6.07, 6.45) is 3.25. The molecular weight excluding hydrogens is 190 g/mol. The molecule has 0 fully saturated rings. The number of nitrogens with one attached hydrogen (secondary N) is 1. The van der Waals surface area contributed by atoms with Crippen LogP contribution in [0.25, 0.3) is 0 Å². The van der Waals surface area contributed by atoms with Crippen LogP contribution in [0.4, 0.5) is 0 Å². The van der Waals surface area contributed by atoms with E-state index in [0.29, 0.717) is 11.6 Å². The smallest absolute Gasteiger partial charge is 0.224 e. The Morgan fingerprint density at radius 1 is 1.85 bits per heavy atom. The Morgan fingerprint density at radius 2 is 2.54 bits per heavy atom. The summed E-state index contributed by atoms with van der Waals surface area (Å²) in [6, 6.07) is 0. The lowest BCUT2D eigenvalue weighted by molar-refractivity contribution is -0.124. The average molecular weight is 202 g/mol. The van der Waals surface area contributed by atoms with E-state index in [1.54, 1.807) is 24.1 Å². The third-order valence-corrected chi connectivity index (χ3v) is 1.95. The molecule has 0 spiro atoms. The minimum atomic E-state index is -0.0963. The van der Waals surface area contributed by atoms with Crippen LogP contribution in [-0.4, -0.2) is 22.7 Å². The van der Waals surface area contributed by atoms with Gasteiger partial charge in [0.1, 0.15) is 0 Å². The highest BCUT2D eigenvalue weighted by molar-refractivity contribution is 6.30. The van der Waals surface area contributed by atoms with Crippen LogP contribution in [0.3, 0.4) is 0 Å². The molecule has 0 aromatic carbocycles. The first-order valence-electron chi connectivity index (χ1n) is 4.03. The average Bonchev–Trinajstić information content (AvgIpc) is 2.49. The summed E-state index contributed by atoms with van der Waals surface area (Å²) in [5, 5.41) is 7.14. The van der Waals surface area contributed by atoms with E-state index >= 15 is 0 Å². The van der Waals surface area contributed by atoms with Crippen molar-refractivity contribution in [2.75, 3.05) is 7.05 Å². The second-order valence-electron chi connectivity index (χ2n) is 2.90. The molecule has 0 radical (unpaired) electrons. The van der Waals surface area contributed by atoms with E-state index in [4.69, 9.17) is 11.6 Å². The summed E-state index contributed by atoms with van der Waals surface area (Å²) in [5.74, 6) is -0.0902. The zero-order chi connectivity index (χ0) is 9.84. The van der Waals surface area contributed by atoms with Crippen LogP contribution >= 0.6 is 11.6 Å². The van der Waals surface area contributed by atoms with Gasteiger partial charge in [-0.2, -0.15) is 5.10 Å². The molecule has 4 nitrogen and oxygen atoms in total. The van der Waals surface area contributed by atoms with Gasteiger partial charge in [-0.3, -0.25) is 9.48 Å². The number of rotatable bonds is 3. The van der Waals surface area contributed by atoms with Crippen LogP contribution in [0.2, 0.25) is 5.02 Å². The molecule has 0 saturated carbocycles. The van der Waals surface area contributed by atoms with E-state index in [1.165, 1.54) is 0 Å². The molecule has 1 atom stereocenters. The summed E-state index contributed by atoms with van der Waals surface area (Å²) in [5.41, 5.74) is 0. The van der Waals surface area contributed by atoms with E-state index in [1.807, 2.05) is 6.92 Å². The largest absolute Gasteiger partial charge is 0.359 e. The maximum absolute atomic E-state index is 11.1. The lowest BCUT2D eigenvalue weighted by Gasteiger charge is -2.08. The molecular formula is C8H12ClN3O. The van der Waals surface area contributed by atoms with Gasteiger partial charge in [0.15, 0.2) is 0 Å². The fourth-order valence-corrected chi connectivity index (χ4v) is 1.20. The van der Waals surface area contributed by atoms with Gasteiger partial charge in [0, 0.05) is 13.2 Å². The fraction of sp³-hybridized carbons (Fsp3) is 0.500. The molecule has 1 rings (SSSR count). The Labute approximate surface area is 81.9 Å². The molecule has 72 valence electrons. The summed E-state index contributed by atoms with van der Waals surface area (Å²) in [7, 11) is 1.62. The van der Waals surface area contributed by atoms with Gasteiger partial charge in [0.2, 0.25) is 5.91 Å². The lowest BCUT2D eigenvalue weighted by atomic mass is 10.2. The second kappa shape index (κ2) is 4.28. The number of carbonyl (C=O) groups is 1. The van der Waals surface area contributed by atoms with Gasteiger partial charge in [-0.05, 0) is 0 Å². The SMILES string of the molecule is CNC(=O)C(C)Cn1cc(Cl)cn1. The number of hydrogen-bond donors (Lipinski definition) is 1. The van der Waals surface area contributed by atoms with Crippen molar-refractivity contribution in [3.63, 3.8) is 0 Å². The van der Waals surface area contributed by atoms with Crippen molar-refractivity contribution in [1.29, 1.82) is 0 Å². The Hall–Kier alpha value is -1.03. The van der Waals surface area contributed by atoms with Crippen molar-refractivity contribution in [2.45, 2.75) is 13.5 Å². The predicted molar refractivity (Wildman–Crippen MR) is 50.5 cm³/mol. The second-order valence-corrected chi connectivity index (χ2v) is 3.33. The summed E-state index contributed by atoms with van der Waals surface area (Å²) >= 11 is 5.67. The maximum atomic E-state index is 11.1. The molecule has 0 aliphatic heterocycles. The molecule has 0 saturated heterocycles. The van der Waals surface area contributed by atoms with Gasteiger partial charge in [-0.15, -0.1) is 0 Å². The third kappa shape index (κ3) is 2.73. The number of aromatic nitrogens is 2. The number of hydrogen-bond acceptors (Lipinski definition) is 2. The van der Waals surface area contributed by atoms with Crippen LogP contribution in [0.1, 0.15) is 6.92 Å². The van der Waals surface area contributed by atoms with Crippen LogP contribution < -0.4 is 5.32 Å². The first-order chi connectivity index (χ1) is 6.13. The van der Waals surface area contributed by atoms with Crippen LogP contribution in [0, 0.1) is 5.92 Å². The molecule has 0 aliphatic carbocycles. The van der Waals surface area contributed by atoms with Crippen molar-refractivity contribution >= 4 is 17.5 Å². The monoisotopic (exact) mass is 201 g/mol. The summed E-state index contributed by atoms with van der Waals surface area (Å²) in [4.78, 5) is 11.1. The quantitative estimate of drug-likeness (QED) is 0.791. The summed E-state index contributed by atoms with van der Waals surface area (Å²) in [6.45, 7) is 2.39. The van der Waals surface area contributed by atoms with E-state index < -0.39 is 0 Å². The Balaban J connectivity index is 2.54. The molecule has 1 aromatic heterocycles. The molecule has 1 aromatic rings. The van der Waals surface area contributed by atoms with Gasteiger partial charge < -0.3 is 5.32 Å². The van der Waals surface area contributed by atoms with Crippen molar-refractivity contribution in [3.8, 4) is 0 Å². The lowest BCUT2D eigenvalue weighted by Crippen LogP contribution is -2.28. The first-order valence-corrected chi connectivity index (χ1v) is 4.41. The Bertz CT molecular complexity index is 297. The molecule has 1 heterocycles. The Kier molecular flexibility index (Phi) is 3.31. The van der Waals surface area contributed by atoms with Gasteiger partial charge in [0.05, 0.1) is 23.7 Å². The minimum absolute atomic E-state index is 0.00613. The minimum Gasteiger partial charge on any atom is -0.359 e. The third-order valence-electron chi connectivity index (χ3n) is 1.76. The maximum Gasteiger partial charge on any atom is 0.224 e. The number of nitrogens with zero attached hydrogens (tertiary/aromatic N) is 2. The highest BCUT2D eigenvalue weighted by atomic mass is 35.5. The van der Waals surface area contributed by atoms with Crippen molar-refractivity contribution < 1.29 is 4.79 Å². The first kappa shape index (κ1) is 10.1. The normalized spacial score (nSPS) is 12.5. The zero-order valence-electron chi connectivity index (χ0n) is 7.62. The van der Waals surface area contributed by atoms with Crippen LogP contribution in [0.5, 0.6) is 0 Å². The zero-order valence-corrected chi connectivity index (χ0v) is 8.38. The van der Waals surface area contributed by atoms with Gasteiger partial charge >= 0.3 is 0 Å². The number of carbonyl (C=O) groups excluding carboxylic acids is 1. The highest BCUT2D eigenvalue weighted by Gasteiger charge is 2.11. The molecule has 13 heavy (non-hydrogen) atoms. The molecule has 5 heteroatoms. The standard InChI is InChI=1S/C8H12ClN3O/c1-6(8(13)10-2)4-12-5-7(9)3-11-12/h3,5-6H,4H2,1-2H3,(H,10,13). The van der Waals surface area contributed by atoms with E-state index in [9.17, 15) is 4.79 Å². The number of amides is 1. The molecule has 0 aliphatic rings. The van der Waals surface area contributed by atoms with E-state index in [-0.39, 0.29) is 11.8 Å². The molecule has 0 bridgehead atoms. The topological polar surface area (TPSA) is 46.9 Å². The van der Waals surface area contributed by atoms with Crippen molar-refractivity contribution in [3.05, 3.63) is 17.4 Å². The summed E-state index contributed by atoms with van der Waals surface area (Å²) < 4.78 is 1.66. The van der Waals surface area contributed by atoms with E-state index in [2.05, 4.69) is 10.4 Å². The van der Waals surface area contributed by atoms with Crippen LogP contribution in [-0.2, 0) is 11.3 Å². The van der Waals surface area contributed by atoms with Gasteiger partial charge in [-0.1, -0.05) is 18.5 Å². The van der Waals surface area contributed by atoms with Gasteiger partial charge in [-0.25, -0.2) is 0 Å². The predicted octanol–water partition coefficient (Wildman–Crippen LogP) is 0.919. The molecule has 1 unspecified atom stereocenters. The molecule has 1 amide bonds. The van der Waals surface area contributed by atoms with E-state index in [0.717, 1.165) is 0 Å². The fourth-order valence-electron chi connectivity index (χ4n) is 1.05. The highest BCUT2D eigenvalue weighted by Crippen LogP contribution is 2.07. The van der Waals surface area contributed by atoms with Crippen molar-refractivity contribution in [2.24, 2.45) is 5.92 Å².